The number of hydrogen-bond donors (Lipinski definition) is 3. The Hall–Kier alpha value is -2.09. The van der Waals surface area contributed by atoms with Crippen LogP contribution in [0.4, 0.5) is 4.79 Å². The Labute approximate surface area is 110 Å². The molecule has 0 aliphatic carbocycles. The first-order valence-electron chi connectivity index (χ1n) is 5.76. The number of aromatic nitrogens is 1. The van der Waals surface area contributed by atoms with E-state index in [1.54, 1.807) is 6.20 Å². The fourth-order valence-corrected chi connectivity index (χ4v) is 1.30. The number of methoxy groups -OCH3 is 1. The van der Waals surface area contributed by atoms with Crippen molar-refractivity contribution in [2.45, 2.75) is 25.9 Å². The van der Waals surface area contributed by atoms with Crippen LogP contribution in [-0.2, 0) is 22.5 Å². The Morgan fingerprint density at radius 1 is 1.58 bits per heavy atom. The maximum Gasteiger partial charge on any atom is 0.328 e. The number of hydrogen-bond acceptors (Lipinski definition) is 5. The van der Waals surface area contributed by atoms with Gasteiger partial charge in [0.15, 0.2) is 6.04 Å². The molecule has 0 fully saturated rings. The van der Waals surface area contributed by atoms with Crippen LogP contribution in [0.25, 0.3) is 0 Å². The summed E-state index contributed by atoms with van der Waals surface area (Å²) in [5, 5.41) is 13.5. The predicted molar refractivity (Wildman–Crippen MR) is 64.6 cm³/mol. The second kappa shape index (κ2) is 7.37. The maximum absolute atomic E-state index is 11.5. The fraction of sp³-hybridized carbons (Fsp3) is 0.545. The highest BCUT2D eigenvalue weighted by Crippen LogP contribution is 2.03. The van der Waals surface area contributed by atoms with Crippen LogP contribution in [0, 0.1) is 0 Å². The highest BCUT2D eigenvalue weighted by Gasteiger charge is 2.19. The minimum atomic E-state index is -1.17. The van der Waals surface area contributed by atoms with Gasteiger partial charge < -0.3 is 24.9 Å². The first kappa shape index (κ1) is 15.0. The van der Waals surface area contributed by atoms with E-state index in [0.29, 0.717) is 12.3 Å². The molecule has 3 N–H and O–H groups in total. The van der Waals surface area contributed by atoms with Gasteiger partial charge in [-0.1, -0.05) is 6.92 Å². The third-order valence-corrected chi connectivity index (χ3v) is 2.29. The molecule has 0 aliphatic heterocycles. The summed E-state index contributed by atoms with van der Waals surface area (Å²) in [6.45, 7) is 1.90. The van der Waals surface area contributed by atoms with Gasteiger partial charge in [-0.2, -0.15) is 0 Å². The number of aliphatic carboxylic acids is 1. The van der Waals surface area contributed by atoms with Crippen LogP contribution < -0.4 is 10.6 Å². The van der Waals surface area contributed by atoms with Gasteiger partial charge in [0, 0.05) is 13.5 Å². The summed E-state index contributed by atoms with van der Waals surface area (Å²) in [5.74, 6) is -0.0768. The van der Waals surface area contributed by atoms with E-state index < -0.39 is 18.0 Å². The van der Waals surface area contributed by atoms with Gasteiger partial charge >= 0.3 is 12.0 Å². The van der Waals surface area contributed by atoms with Gasteiger partial charge in [0.1, 0.15) is 5.76 Å². The first-order chi connectivity index (χ1) is 9.06. The molecule has 1 rings (SSSR count). The summed E-state index contributed by atoms with van der Waals surface area (Å²) in [7, 11) is 1.36. The molecular weight excluding hydrogens is 254 g/mol. The van der Waals surface area contributed by atoms with Gasteiger partial charge in [-0.25, -0.2) is 14.6 Å². The molecule has 0 saturated heterocycles. The molecule has 0 aliphatic rings. The average molecular weight is 271 g/mol. The van der Waals surface area contributed by atoms with Crippen LogP contribution >= 0.6 is 0 Å². The van der Waals surface area contributed by atoms with Crippen LogP contribution in [0.5, 0.6) is 0 Å². The molecule has 0 radical (unpaired) electrons. The van der Waals surface area contributed by atoms with Crippen molar-refractivity contribution in [1.82, 2.24) is 15.6 Å². The normalized spacial score (nSPS) is 11.9. The number of carboxylic acid groups (broad SMARTS) is 1. The van der Waals surface area contributed by atoms with Crippen molar-refractivity contribution in [3.63, 3.8) is 0 Å². The zero-order valence-corrected chi connectivity index (χ0v) is 10.8. The molecule has 1 aromatic heterocycles. The topological polar surface area (TPSA) is 114 Å². The smallest absolute Gasteiger partial charge is 0.328 e. The second-order valence-corrected chi connectivity index (χ2v) is 3.75. The predicted octanol–water partition coefficient (Wildman–Crippen LogP) is 0.136. The average Bonchev–Trinajstić information content (AvgIpc) is 2.83. The number of urea groups is 1. The summed E-state index contributed by atoms with van der Waals surface area (Å²) in [4.78, 5) is 26.2. The summed E-state index contributed by atoms with van der Waals surface area (Å²) in [6.07, 6.45) is 2.30. The van der Waals surface area contributed by atoms with Crippen molar-refractivity contribution in [3.05, 3.63) is 17.8 Å². The van der Waals surface area contributed by atoms with E-state index in [9.17, 15) is 9.59 Å². The number of carboxylic acids is 1. The summed E-state index contributed by atoms with van der Waals surface area (Å²) in [5.41, 5.74) is 0. The summed E-state index contributed by atoms with van der Waals surface area (Å²) in [6, 6.07) is -1.72. The minimum absolute atomic E-state index is 0.0884. The molecule has 106 valence electrons. The fourth-order valence-electron chi connectivity index (χ4n) is 1.30. The SMILES string of the molecule is CCc1cnc(CNC(=O)NC(COC)C(=O)O)o1. The molecule has 1 atom stereocenters. The van der Waals surface area contributed by atoms with Crippen LogP contribution in [0.2, 0.25) is 0 Å². The summed E-state index contributed by atoms with van der Waals surface area (Å²) >= 11 is 0. The van der Waals surface area contributed by atoms with Crippen molar-refractivity contribution in [3.8, 4) is 0 Å². The quantitative estimate of drug-likeness (QED) is 0.649. The Bertz CT molecular complexity index is 432. The molecule has 8 nitrogen and oxygen atoms in total. The second-order valence-electron chi connectivity index (χ2n) is 3.75. The van der Waals surface area contributed by atoms with Gasteiger partial charge in [0.05, 0.1) is 19.3 Å². The Morgan fingerprint density at radius 3 is 2.84 bits per heavy atom. The minimum Gasteiger partial charge on any atom is -0.480 e. The van der Waals surface area contributed by atoms with E-state index in [1.165, 1.54) is 7.11 Å². The molecule has 1 unspecified atom stereocenters. The van der Waals surface area contributed by atoms with E-state index in [1.807, 2.05) is 6.92 Å². The molecule has 0 aromatic carbocycles. The number of amides is 2. The lowest BCUT2D eigenvalue weighted by molar-refractivity contribution is -0.140. The van der Waals surface area contributed by atoms with Crippen molar-refractivity contribution < 1.29 is 23.8 Å². The largest absolute Gasteiger partial charge is 0.480 e. The number of ether oxygens (including phenoxy) is 1. The molecule has 1 heterocycles. The first-order valence-corrected chi connectivity index (χ1v) is 5.76. The maximum atomic E-state index is 11.5. The van der Waals surface area contributed by atoms with Crippen molar-refractivity contribution in [2.24, 2.45) is 0 Å². The number of nitrogens with zero attached hydrogens (tertiary/aromatic N) is 1. The number of carbonyl (C=O) groups excluding carboxylic acids is 1. The highest BCUT2D eigenvalue weighted by molar-refractivity contribution is 5.82. The number of oxazole rings is 1. The van der Waals surface area contributed by atoms with E-state index in [0.717, 1.165) is 5.76 Å². The van der Waals surface area contributed by atoms with Gasteiger partial charge in [0.2, 0.25) is 5.89 Å². The molecule has 0 bridgehead atoms. The Balaban J connectivity index is 2.40. The highest BCUT2D eigenvalue weighted by atomic mass is 16.5. The molecule has 2 amide bonds. The molecule has 8 heteroatoms. The van der Waals surface area contributed by atoms with Gasteiger partial charge in [0.25, 0.3) is 0 Å². The standard InChI is InChI=1S/C11H17N3O5/c1-3-7-4-12-9(19-7)5-13-11(17)14-8(6-18-2)10(15)16/h4,8H,3,5-6H2,1-2H3,(H,15,16)(H2,13,14,17). The van der Waals surface area contributed by atoms with Gasteiger partial charge in [-0.3, -0.25) is 0 Å². The monoisotopic (exact) mass is 271 g/mol. The van der Waals surface area contributed by atoms with Crippen LogP contribution in [0.1, 0.15) is 18.6 Å². The zero-order valence-electron chi connectivity index (χ0n) is 10.8. The molecule has 0 spiro atoms. The van der Waals surface area contributed by atoms with Gasteiger partial charge in [-0.05, 0) is 0 Å². The number of aryl methyl sites for hydroxylation is 1. The van der Waals surface area contributed by atoms with Crippen molar-refractivity contribution >= 4 is 12.0 Å². The Kier molecular flexibility index (Phi) is 5.80. The van der Waals surface area contributed by atoms with E-state index in [4.69, 9.17) is 14.3 Å². The molecule has 1 aromatic rings. The molecule has 19 heavy (non-hydrogen) atoms. The summed E-state index contributed by atoms with van der Waals surface area (Å²) < 4.78 is 9.98. The number of nitrogens with one attached hydrogen (secondary N) is 2. The lowest BCUT2D eigenvalue weighted by atomic mass is 10.3. The van der Waals surface area contributed by atoms with Crippen molar-refractivity contribution in [1.29, 1.82) is 0 Å². The zero-order chi connectivity index (χ0) is 14.3. The van der Waals surface area contributed by atoms with E-state index >= 15 is 0 Å². The Morgan fingerprint density at radius 2 is 2.32 bits per heavy atom. The van der Waals surface area contributed by atoms with Crippen LogP contribution in [0.15, 0.2) is 10.6 Å². The lowest BCUT2D eigenvalue weighted by Crippen LogP contribution is -2.48. The number of rotatable bonds is 7. The molecule has 0 saturated carbocycles. The third-order valence-electron chi connectivity index (χ3n) is 2.29. The van der Waals surface area contributed by atoms with Gasteiger partial charge in [-0.15, -0.1) is 0 Å². The van der Waals surface area contributed by atoms with Crippen LogP contribution in [-0.4, -0.2) is 41.8 Å². The van der Waals surface area contributed by atoms with Crippen molar-refractivity contribution in [2.75, 3.05) is 13.7 Å². The third kappa shape index (κ3) is 4.96. The number of carbonyl (C=O) groups is 2. The lowest BCUT2D eigenvalue weighted by Gasteiger charge is -2.13. The van der Waals surface area contributed by atoms with E-state index in [-0.39, 0.29) is 13.2 Å². The van der Waals surface area contributed by atoms with Crippen LogP contribution in [0.3, 0.4) is 0 Å². The van der Waals surface area contributed by atoms with E-state index in [2.05, 4.69) is 15.6 Å². The molecular formula is C11H17N3O5.